The van der Waals surface area contributed by atoms with Crippen molar-refractivity contribution in [2.24, 2.45) is 0 Å². The van der Waals surface area contributed by atoms with E-state index in [4.69, 9.17) is 10.5 Å². The summed E-state index contributed by atoms with van der Waals surface area (Å²) in [7, 11) is 1.69. The second-order valence-corrected chi connectivity index (χ2v) is 3.75. The van der Waals surface area contributed by atoms with Crippen LogP contribution in [0.2, 0.25) is 0 Å². The van der Waals surface area contributed by atoms with Crippen molar-refractivity contribution in [3.8, 4) is 0 Å². The number of nitrogens with one attached hydrogen (secondary N) is 1. The van der Waals surface area contributed by atoms with Gasteiger partial charge in [-0.05, 0) is 26.0 Å². The highest BCUT2D eigenvalue weighted by atomic mass is 16.5. The van der Waals surface area contributed by atoms with Crippen molar-refractivity contribution in [1.82, 2.24) is 4.98 Å². The quantitative estimate of drug-likeness (QED) is 0.764. The molecule has 0 atom stereocenters. The second-order valence-electron chi connectivity index (χ2n) is 3.75. The first-order valence-corrected chi connectivity index (χ1v) is 4.55. The van der Waals surface area contributed by atoms with E-state index < -0.39 is 0 Å². The summed E-state index contributed by atoms with van der Waals surface area (Å²) in [4.78, 5) is 3.98. The fraction of sp³-hybridized carbons (Fsp3) is 0.500. The van der Waals surface area contributed by atoms with Gasteiger partial charge in [-0.1, -0.05) is 0 Å². The van der Waals surface area contributed by atoms with Crippen molar-refractivity contribution >= 4 is 11.5 Å². The number of aromatic nitrogens is 1. The monoisotopic (exact) mass is 195 g/mol. The maximum Gasteiger partial charge on any atom is 0.146 e. The molecule has 1 aromatic rings. The number of methoxy groups -OCH3 is 1. The van der Waals surface area contributed by atoms with Gasteiger partial charge in [-0.25, -0.2) is 4.98 Å². The van der Waals surface area contributed by atoms with Crippen LogP contribution in [0.4, 0.5) is 11.5 Å². The first-order valence-electron chi connectivity index (χ1n) is 4.55. The van der Waals surface area contributed by atoms with E-state index in [1.165, 1.54) is 0 Å². The van der Waals surface area contributed by atoms with E-state index in [1.54, 1.807) is 13.3 Å². The van der Waals surface area contributed by atoms with Gasteiger partial charge in [-0.2, -0.15) is 0 Å². The van der Waals surface area contributed by atoms with Crippen LogP contribution < -0.4 is 11.1 Å². The van der Waals surface area contributed by atoms with E-state index >= 15 is 0 Å². The Balaban J connectivity index is 2.58. The Morgan fingerprint density at radius 2 is 2.29 bits per heavy atom. The Morgan fingerprint density at radius 3 is 2.86 bits per heavy atom. The molecule has 0 saturated heterocycles. The molecule has 0 spiro atoms. The number of nitrogens with zero attached hydrogens (tertiary/aromatic N) is 1. The molecular formula is C10H17N3O. The summed E-state index contributed by atoms with van der Waals surface area (Å²) in [6.07, 6.45) is 1.67. The third-order valence-electron chi connectivity index (χ3n) is 2.10. The van der Waals surface area contributed by atoms with E-state index in [0.717, 1.165) is 5.69 Å². The van der Waals surface area contributed by atoms with Crippen LogP contribution in [0.1, 0.15) is 13.8 Å². The molecule has 0 unspecified atom stereocenters. The summed E-state index contributed by atoms with van der Waals surface area (Å²) >= 11 is 0. The molecule has 14 heavy (non-hydrogen) atoms. The molecule has 4 heteroatoms. The first kappa shape index (κ1) is 10.8. The number of anilines is 2. The van der Waals surface area contributed by atoms with E-state index in [9.17, 15) is 0 Å². The fourth-order valence-corrected chi connectivity index (χ4v) is 0.947. The molecule has 78 valence electrons. The molecule has 0 fully saturated rings. The van der Waals surface area contributed by atoms with Gasteiger partial charge in [0.25, 0.3) is 0 Å². The zero-order valence-corrected chi connectivity index (χ0v) is 8.87. The van der Waals surface area contributed by atoms with Gasteiger partial charge in [0.1, 0.15) is 5.82 Å². The molecule has 0 amide bonds. The van der Waals surface area contributed by atoms with Crippen LogP contribution in [0, 0.1) is 0 Å². The standard InChI is InChI=1S/C10H17N3O/c1-10(2,14-3)7-13-8-5-4-6-12-9(8)11/h4-6,13H,7H2,1-3H3,(H2,11,12). The van der Waals surface area contributed by atoms with Gasteiger partial charge in [-0.15, -0.1) is 0 Å². The van der Waals surface area contributed by atoms with Crippen LogP contribution in [0.3, 0.4) is 0 Å². The minimum atomic E-state index is -0.206. The number of nitrogen functional groups attached to an aromatic ring is 1. The lowest BCUT2D eigenvalue weighted by atomic mass is 10.1. The molecule has 1 aromatic heterocycles. The molecule has 3 N–H and O–H groups in total. The van der Waals surface area contributed by atoms with Crippen LogP contribution in [0.5, 0.6) is 0 Å². The molecule has 1 rings (SSSR count). The van der Waals surface area contributed by atoms with Crippen LogP contribution in [0.15, 0.2) is 18.3 Å². The summed E-state index contributed by atoms with van der Waals surface area (Å²) in [6.45, 7) is 4.71. The Kier molecular flexibility index (Phi) is 3.30. The molecule has 0 radical (unpaired) electrons. The number of ether oxygens (including phenoxy) is 1. The second kappa shape index (κ2) is 4.28. The first-order chi connectivity index (χ1) is 6.55. The fourth-order valence-electron chi connectivity index (χ4n) is 0.947. The minimum absolute atomic E-state index is 0.206. The third-order valence-corrected chi connectivity index (χ3v) is 2.10. The maximum absolute atomic E-state index is 5.68. The number of pyridine rings is 1. The lowest BCUT2D eigenvalue weighted by molar-refractivity contribution is 0.0344. The number of nitrogens with two attached hydrogens (primary N) is 1. The van der Waals surface area contributed by atoms with Crippen molar-refractivity contribution in [2.45, 2.75) is 19.4 Å². The van der Waals surface area contributed by atoms with Crippen molar-refractivity contribution < 1.29 is 4.74 Å². The largest absolute Gasteiger partial charge is 0.382 e. The summed E-state index contributed by atoms with van der Waals surface area (Å²) < 4.78 is 5.28. The smallest absolute Gasteiger partial charge is 0.146 e. The summed E-state index contributed by atoms with van der Waals surface area (Å²) in [5, 5.41) is 3.19. The predicted molar refractivity (Wildman–Crippen MR) is 58.2 cm³/mol. The molecule has 0 saturated carbocycles. The van der Waals surface area contributed by atoms with Crippen molar-refractivity contribution in [3.63, 3.8) is 0 Å². The molecule has 0 bridgehead atoms. The topological polar surface area (TPSA) is 60.2 Å². The van der Waals surface area contributed by atoms with Gasteiger partial charge in [-0.3, -0.25) is 0 Å². The van der Waals surface area contributed by atoms with Gasteiger partial charge >= 0.3 is 0 Å². The van der Waals surface area contributed by atoms with Gasteiger partial charge in [0, 0.05) is 19.9 Å². The Labute approximate surface area is 84.5 Å². The molecule has 0 aromatic carbocycles. The van der Waals surface area contributed by atoms with Gasteiger partial charge in [0.15, 0.2) is 0 Å². The molecule has 0 aliphatic heterocycles. The van der Waals surface area contributed by atoms with Crippen LogP contribution >= 0.6 is 0 Å². The van der Waals surface area contributed by atoms with Gasteiger partial charge in [0.2, 0.25) is 0 Å². The maximum atomic E-state index is 5.68. The average Bonchev–Trinajstić information content (AvgIpc) is 2.17. The molecule has 0 aliphatic rings. The van der Waals surface area contributed by atoms with Crippen molar-refractivity contribution in [2.75, 3.05) is 24.7 Å². The van der Waals surface area contributed by atoms with Gasteiger partial charge in [0.05, 0.1) is 11.3 Å². The van der Waals surface area contributed by atoms with Crippen molar-refractivity contribution in [3.05, 3.63) is 18.3 Å². The Bertz CT molecular complexity index is 299. The number of hydrogen-bond acceptors (Lipinski definition) is 4. The zero-order chi connectivity index (χ0) is 10.6. The summed E-state index contributed by atoms with van der Waals surface area (Å²) in [5.41, 5.74) is 6.32. The van der Waals surface area contributed by atoms with Crippen molar-refractivity contribution in [1.29, 1.82) is 0 Å². The van der Waals surface area contributed by atoms with E-state index in [1.807, 2.05) is 26.0 Å². The minimum Gasteiger partial charge on any atom is -0.382 e. The van der Waals surface area contributed by atoms with Crippen LogP contribution in [-0.2, 0) is 4.74 Å². The predicted octanol–water partition coefficient (Wildman–Crippen LogP) is 1.50. The van der Waals surface area contributed by atoms with Crippen LogP contribution in [-0.4, -0.2) is 24.2 Å². The molecule has 0 aliphatic carbocycles. The molecule has 1 heterocycles. The van der Waals surface area contributed by atoms with Crippen LogP contribution in [0.25, 0.3) is 0 Å². The van der Waals surface area contributed by atoms with Gasteiger partial charge < -0.3 is 15.8 Å². The highest BCUT2D eigenvalue weighted by Gasteiger charge is 2.15. The Morgan fingerprint density at radius 1 is 1.57 bits per heavy atom. The molecule has 4 nitrogen and oxygen atoms in total. The molecular weight excluding hydrogens is 178 g/mol. The number of hydrogen-bond donors (Lipinski definition) is 2. The lowest BCUT2D eigenvalue weighted by Crippen LogP contribution is -2.32. The summed E-state index contributed by atoms with van der Waals surface area (Å²) in [5.74, 6) is 0.513. The van der Waals surface area contributed by atoms with E-state index in [-0.39, 0.29) is 5.60 Å². The van der Waals surface area contributed by atoms with E-state index in [2.05, 4.69) is 10.3 Å². The highest BCUT2D eigenvalue weighted by molar-refractivity contribution is 5.60. The SMILES string of the molecule is COC(C)(C)CNc1cccnc1N. The zero-order valence-electron chi connectivity index (χ0n) is 8.87. The average molecular weight is 195 g/mol. The third kappa shape index (κ3) is 2.88. The lowest BCUT2D eigenvalue weighted by Gasteiger charge is -2.23. The highest BCUT2D eigenvalue weighted by Crippen LogP contribution is 2.16. The normalized spacial score (nSPS) is 11.4. The summed E-state index contributed by atoms with van der Waals surface area (Å²) in [6, 6.07) is 3.74. The number of rotatable bonds is 4. The Hall–Kier alpha value is -1.29. The van der Waals surface area contributed by atoms with E-state index in [0.29, 0.717) is 12.4 Å².